The predicted molar refractivity (Wildman–Crippen MR) is 49.5 cm³/mol. The Labute approximate surface area is 89.3 Å². The molecule has 8 heteroatoms. The van der Waals surface area contributed by atoms with Crippen molar-refractivity contribution in [1.82, 2.24) is 15.3 Å². The molecule has 1 heterocycles. The summed E-state index contributed by atoms with van der Waals surface area (Å²) >= 11 is 0. The molecule has 1 atom stereocenters. The molecule has 1 aromatic rings. The topological polar surface area (TPSA) is 132 Å². The lowest BCUT2D eigenvalue weighted by Gasteiger charge is -2.11. The van der Waals surface area contributed by atoms with Crippen LogP contribution in [0.2, 0.25) is 0 Å². The Morgan fingerprint density at radius 2 is 2.12 bits per heavy atom. The average molecular weight is 227 g/mol. The molecule has 1 aromatic heterocycles. The molecule has 16 heavy (non-hydrogen) atoms. The molecular formula is C8H9N3O5. The van der Waals surface area contributed by atoms with E-state index in [9.17, 15) is 14.4 Å². The summed E-state index contributed by atoms with van der Waals surface area (Å²) in [6.07, 6.45) is 2.68. The van der Waals surface area contributed by atoms with Crippen molar-refractivity contribution in [1.29, 1.82) is 0 Å². The van der Waals surface area contributed by atoms with E-state index in [0.717, 1.165) is 0 Å². The summed E-state index contributed by atoms with van der Waals surface area (Å²) in [6.45, 7) is 0. The molecular weight excluding hydrogens is 218 g/mol. The lowest BCUT2D eigenvalue weighted by molar-refractivity contribution is -0.152. The highest BCUT2D eigenvalue weighted by atomic mass is 16.4. The van der Waals surface area contributed by atoms with E-state index in [1.165, 1.54) is 12.5 Å². The summed E-state index contributed by atoms with van der Waals surface area (Å²) < 4.78 is 0. The summed E-state index contributed by atoms with van der Waals surface area (Å²) in [5.41, 5.74) is 0.484. The van der Waals surface area contributed by atoms with Crippen molar-refractivity contribution in [3.63, 3.8) is 0 Å². The number of hydrogen-bond acceptors (Lipinski definition) is 4. The van der Waals surface area contributed by atoms with Gasteiger partial charge in [-0.25, -0.2) is 14.6 Å². The number of rotatable bonds is 4. The van der Waals surface area contributed by atoms with Gasteiger partial charge in [-0.2, -0.15) is 0 Å². The molecule has 4 N–H and O–H groups in total. The number of aliphatic carboxylic acids is 2. The van der Waals surface area contributed by atoms with Crippen LogP contribution in [-0.4, -0.2) is 44.1 Å². The van der Waals surface area contributed by atoms with Gasteiger partial charge in [-0.15, -0.1) is 0 Å². The number of nitrogens with zero attached hydrogens (tertiary/aromatic N) is 1. The number of hydrogen-bond donors (Lipinski definition) is 4. The van der Waals surface area contributed by atoms with Gasteiger partial charge in [0.25, 0.3) is 0 Å². The SMILES string of the molecule is O=C(O)C(=O)NC(Cc1cnc[nH]1)C(=O)O. The zero-order valence-electron chi connectivity index (χ0n) is 8.01. The molecule has 86 valence electrons. The van der Waals surface area contributed by atoms with Crippen LogP contribution < -0.4 is 5.32 Å². The fourth-order valence-corrected chi connectivity index (χ4v) is 1.04. The molecule has 8 nitrogen and oxygen atoms in total. The third-order valence-corrected chi connectivity index (χ3v) is 1.78. The summed E-state index contributed by atoms with van der Waals surface area (Å²) in [5.74, 6) is -4.40. The van der Waals surface area contributed by atoms with Gasteiger partial charge in [0.15, 0.2) is 0 Å². The smallest absolute Gasteiger partial charge is 0.394 e. The van der Waals surface area contributed by atoms with Crippen molar-refractivity contribution < 1.29 is 24.6 Å². The summed E-state index contributed by atoms with van der Waals surface area (Å²) in [7, 11) is 0. The van der Waals surface area contributed by atoms with Crippen LogP contribution >= 0.6 is 0 Å². The van der Waals surface area contributed by atoms with Crippen molar-refractivity contribution in [2.45, 2.75) is 12.5 Å². The van der Waals surface area contributed by atoms with Gasteiger partial charge in [0.2, 0.25) is 0 Å². The monoisotopic (exact) mass is 227 g/mol. The normalized spacial score (nSPS) is 11.8. The van der Waals surface area contributed by atoms with Crippen molar-refractivity contribution in [3.8, 4) is 0 Å². The number of amides is 1. The van der Waals surface area contributed by atoms with Gasteiger partial charge in [-0.3, -0.25) is 4.79 Å². The third kappa shape index (κ3) is 3.08. The fraction of sp³-hybridized carbons (Fsp3) is 0.250. The van der Waals surface area contributed by atoms with Gasteiger partial charge in [-0.1, -0.05) is 0 Å². The van der Waals surface area contributed by atoms with E-state index in [-0.39, 0.29) is 6.42 Å². The van der Waals surface area contributed by atoms with E-state index >= 15 is 0 Å². The van der Waals surface area contributed by atoms with E-state index in [0.29, 0.717) is 5.69 Å². The largest absolute Gasteiger partial charge is 0.480 e. The highest BCUT2D eigenvalue weighted by Gasteiger charge is 2.23. The van der Waals surface area contributed by atoms with Gasteiger partial charge >= 0.3 is 17.8 Å². The first-order valence-corrected chi connectivity index (χ1v) is 4.24. The van der Waals surface area contributed by atoms with Gasteiger partial charge < -0.3 is 20.5 Å². The first-order chi connectivity index (χ1) is 7.50. The zero-order valence-corrected chi connectivity index (χ0v) is 8.01. The minimum atomic E-state index is -1.73. The molecule has 1 unspecified atom stereocenters. The lowest BCUT2D eigenvalue weighted by Crippen LogP contribution is -2.45. The van der Waals surface area contributed by atoms with Crippen LogP contribution in [0, 0.1) is 0 Å². The van der Waals surface area contributed by atoms with Crippen LogP contribution in [0.15, 0.2) is 12.5 Å². The Hall–Kier alpha value is -2.38. The Morgan fingerprint density at radius 3 is 2.56 bits per heavy atom. The zero-order chi connectivity index (χ0) is 12.1. The van der Waals surface area contributed by atoms with Crippen LogP contribution in [0.3, 0.4) is 0 Å². The van der Waals surface area contributed by atoms with Crippen LogP contribution in [0.4, 0.5) is 0 Å². The molecule has 0 saturated heterocycles. The molecule has 1 amide bonds. The second-order valence-corrected chi connectivity index (χ2v) is 2.95. The van der Waals surface area contributed by atoms with E-state index in [4.69, 9.17) is 10.2 Å². The number of carbonyl (C=O) groups excluding carboxylic acids is 1. The first-order valence-electron chi connectivity index (χ1n) is 4.24. The highest BCUT2D eigenvalue weighted by molar-refractivity contribution is 6.31. The number of carbonyl (C=O) groups is 3. The van der Waals surface area contributed by atoms with Crippen LogP contribution in [0.1, 0.15) is 5.69 Å². The number of nitrogens with one attached hydrogen (secondary N) is 2. The van der Waals surface area contributed by atoms with Crippen LogP contribution in [0.25, 0.3) is 0 Å². The van der Waals surface area contributed by atoms with Gasteiger partial charge in [0.1, 0.15) is 6.04 Å². The molecule has 0 aliphatic rings. The molecule has 0 spiro atoms. The minimum absolute atomic E-state index is 0.0612. The van der Waals surface area contributed by atoms with E-state index < -0.39 is 23.9 Å². The van der Waals surface area contributed by atoms with E-state index in [1.807, 2.05) is 5.32 Å². The third-order valence-electron chi connectivity index (χ3n) is 1.78. The molecule has 0 bridgehead atoms. The molecule has 1 rings (SSSR count). The van der Waals surface area contributed by atoms with Crippen molar-refractivity contribution in [2.24, 2.45) is 0 Å². The van der Waals surface area contributed by atoms with Crippen molar-refractivity contribution in [2.75, 3.05) is 0 Å². The number of carboxylic acid groups (broad SMARTS) is 2. The maximum atomic E-state index is 10.8. The second kappa shape index (κ2) is 4.91. The second-order valence-electron chi connectivity index (χ2n) is 2.95. The Kier molecular flexibility index (Phi) is 3.59. The average Bonchev–Trinajstić information content (AvgIpc) is 2.68. The molecule has 0 fully saturated rings. The minimum Gasteiger partial charge on any atom is -0.480 e. The summed E-state index contributed by atoms with van der Waals surface area (Å²) in [6, 6.07) is -1.30. The lowest BCUT2D eigenvalue weighted by atomic mass is 10.1. The number of imidazole rings is 1. The first kappa shape index (κ1) is 11.7. The molecule has 0 radical (unpaired) electrons. The van der Waals surface area contributed by atoms with Crippen molar-refractivity contribution >= 4 is 17.8 Å². The maximum Gasteiger partial charge on any atom is 0.394 e. The number of H-pyrrole nitrogens is 1. The van der Waals surface area contributed by atoms with E-state index in [1.54, 1.807) is 0 Å². The maximum absolute atomic E-state index is 10.8. The molecule has 0 aliphatic heterocycles. The Balaban J connectivity index is 2.65. The van der Waals surface area contributed by atoms with Crippen LogP contribution in [0.5, 0.6) is 0 Å². The van der Waals surface area contributed by atoms with Gasteiger partial charge in [0, 0.05) is 18.3 Å². The summed E-state index contributed by atoms with van der Waals surface area (Å²) in [4.78, 5) is 38.1. The van der Waals surface area contributed by atoms with Gasteiger partial charge in [0.05, 0.1) is 6.33 Å². The number of carboxylic acids is 2. The highest BCUT2D eigenvalue weighted by Crippen LogP contribution is 1.98. The van der Waals surface area contributed by atoms with E-state index in [2.05, 4.69) is 9.97 Å². The van der Waals surface area contributed by atoms with Crippen molar-refractivity contribution in [3.05, 3.63) is 18.2 Å². The number of aromatic amines is 1. The Morgan fingerprint density at radius 1 is 1.44 bits per heavy atom. The standard InChI is InChI=1S/C8H9N3O5/c12-6(8(15)16)11-5(7(13)14)1-4-2-9-3-10-4/h2-3,5H,1H2,(H,9,10)(H,11,12)(H,13,14)(H,15,16). The number of aromatic nitrogens is 2. The Bertz CT molecular complexity index is 400. The molecule has 0 saturated carbocycles. The quantitative estimate of drug-likeness (QED) is 0.468. The van der Waals surface area contributed by atoms with Gasteiger partial charge in [-0.05, 0) is 0 Å². The molecule has 0 aromatic carbocycles. The summed E-state index contributed by atoms with van der Waals surface area (Å²) in [5, 5.41) is 18.9. The predicted octanol–water partition coefficient (Wildman–Crippen LogP) is -1.39. The fourth-order valence-electron chi connectivity index (χ4n) is 1.04. The molecule has 0 aliphatic carbocycles. The van der Waals surface area contributed by atoms with Crippen LogP contribution in [-0.2, 0) is 20.8 Å².